The Labute approximate surface area is 89.7 Å². The molecule has 0 spiro atoms. The monoisotopic (exact) mass is 208 g/mol. The molecular formula is C12H16O3. The molecule has 0 aliphatic heterocycles. The van der Waals surface area contributed by atoms with Crippen LogP contribution in [0, 0.1) is 0 Å². The predicted molar refractivity (Wildman–Crippen MR) is 58.2 cm³/mol. The van der Waals surface area contributed by atoms with E-state index >= 15 is 0 Å². The molecule has 0 saturated heterocycles. The average molecular weight is 208 g/mol. The van der Waals surface area contributed by atoms with E-state index in [9.17, 15) is 4.79 Å². The molecule has 0 aliphatic carbocycles. The first-order valence-corrected chi connectivity index (χ1v) is 4.99. The van der Waals surface area contributed by atoms with Crippen molar-refractivity contribution >= 4 is 5.78 Å². The van der Waals surface area contributed by atoms with Crippen LogP contribution in [0.4, 0.5) is 0 Å². The molecule has 0 amide bonds. The van der Waals surface area contributed by atoms with Gasteiger partial charge in [-0.1, -0.05) is 19.1 Å². The predicted octanol–water partition coefficient (Wildman–Crippen LogP) is 1.36. The zero-order valence-corrected chi connectivity index (χ0v) is 9.12. The minimum Gasteiger partial charge on any atom is -0.496 e. The van der Waals surface area contributed by atoms with Crippen molar-refractivity contribution < 1.29 is 14.6 Å². The number of aryl methyl sites for hydroxylation is 1. The molecule has 3 nitrogen and oxygen atoms in total. The summed E-state index contributed by atoms with van der Waals surface area (Å²) in [7, 11) is 1.58. The fourth-order valence-electron chi connectivity index (χ4n) is 1.46. The van der Waals surface area contributed by atoms with E-state index in [1.165, 1.54) is 0 Å². The van der Waals surface area contributed by atoms with Gasteiger partial charge < -0.3 is 9.84 Å². The number of Topliss-reactive ketones (excluding diaryl/α,β-unsaturated/α-hetero) is 1. The van der Waals surface area contributed by atoms with E-state index in [0.29, 0.717) is 5.75 Å². The standard InChI is InChI=1S/C12H16O3/c1-3-9-4-5-12(15-2)10(6-9)7-11(14)8-13/h4-6,13H,3,7-8H2,1-2H3. The number of aliphatic hydroxyl groups is 1. The van der Waals surface area contributed by atoms with Crippen LogP contribution >= 0.6 is 0 Å². The third kappa shape index (κ3) is 3.06. The second-order valence-electron chi connectivity index (χ2n) is 3.37. The summed E-state index contributed by atoms with van der Waals surface area (Å²) in [6.45, 7) is 1.64. The van der Waals surface area contributed by atoms with Gasteiger partial charge in [-0.15, -0.1) is 0 Å². The Morgan fingerprint density at radius 1 is 1.47 bits per heavy atom. The molecule has 0 unspecified atom stereocenters. The van der Waals surface area contributed by atoms with Crippen LogP contribution in [0.5, 0.6) is 5.75 Å². The van der Waals surface area contributed by atoms with Crippen molar-refractivity contribution in [2.75, 3.05) is 13.7 Å². The fraction of sp³-hybridized carbons (Fsp3) is 0.417. The highest BCUT2D eigenvalue weighted by Gasteiger charge is 2.08. The average Bonchev–Trinajstić information content (AvgIpc) is 2.28. The normalized spacial score (nSPS) is 10.1. The molecule has 0 atom stereocenters. The maximum absolute atomic E-state index is 11.1. The maximum Gasteiger partial charge on any atom is 0.162 e. The number of ketones is 1. The SMILES string of the molecule is CCc1ccc(OC)c(CC(=O)CO)c1. The topological polar surface area (TPSA) is 46.5 Å². The van der Waals surface area contributed by atoms with Gasteiger partial charge in [0.25, 0.3) is 0 Å². The summed E-state index contributed by atoms with van der Waals surface area (Å²) < 4.78 is 5.16. The van der Waals surface area contributed by atoms with Gasteiger partial charge in [-0.2, -0.15) is 0 Å². The molecule has 1 aromatic rings. The molecule has 1 rings (SSSR count). The fourth-order valence-corrected chi connectivity index (χ4v) is 1.46. The Bertz CT molecular complexity index is 345. The minimum atomic E-state index is -0.417. The summed E-state index contributed by atoms with van der Waals surface area (Å²) in [6.07, 6.45) is 1.15. The zero-order chi connectivity index (χ0) is 11.3. The Morgan fingerprint density at radius 3 is 2.73 bits per heavy atom. The van der Waals surface area contributed by atoms with Crippen molar-refractivity contribution in [2.24, 2.45) is 0 Å². The molecule has 15 heavy (non-hydrogen) atoms. The van der Waals surface area contributed by atoms with Crippen molar-refractivity contribution in [3.8, 4) is 5.75 Å². The number of methoxy groups -OCH3 is 1. The van der Waals surface area contributed by atoms with Crippen LogP contribution < -0.4 is 4.74 Å². The summed E-state index contributed by atoms with van der Waals surface area (Å²) in [5.41, 5.74) is 2.01. The number of benzene rings is 1. The molecule has 0 aromatic heterocycles. The van der Waals surface area contributed by atoms with E-state index < -0.39 is 6.61 Å². The molecular weight excluding hydrogens is 192 g/mol. The molecule has 1 N–H and O–H groups in total. The molecule has 0 fully saturated rings. The van der Waals surface area contributed by atoms with Gasteiger partial charge in [0.05, 0.1) is 7.11 Å². The van der Waals surface area contributed by atoms with Crippen LogP contribution in [0.1, 0.15) is 18.1 Å². The van der Waals surface area contributed by atoms with Gasteiger partial charge >= 0.3 is 0 Å². The number of rotatable bonds is 5. The van der Waals surface area contributed by atoms with E-state index in [0.717, 1.165) is 17.5 Å². The first-order chi connectivity index (χ1) is 7.21. The van der Waals surface area contributed by atoms with E-state index in [1.54, 1.807) is 7.11 Å². The summed E-state index contributed by atoms with van der Waals surface area (Å²) in [4.78, 5) is 11.1. The highest BCUT2D eigenvalue weighted by Crippen LogP contribution is 2.20. The molecule has 3 heteroatoms. The number of carbonyl (C=O) groups excluding carboxylic acids is 1. The smallest absolute Gasteiger partial charge is 0.162 e. The zero-order valence-electron chi connectivity index (χ0n) is 9.12. The summed E-state index contributed by atoms with van der Waals surface area (Å²) in [5, 5.41) is 8.70. The lowest BCUT2D eigenvalue weighted by atomic mass is 10.0. The van der Waals surface area contributed by atoms with Crippen LogP contribution in [0.2, 0.25) is 0 Å². The van der Waals surface area contributed by atoms with Gasteiger partial charge in [0.15, 0.2) is 5.78 Å². The van der Waals surface area contributed by atoms with Gasteiger partial charge in [-0.3, -0.25) is 4.79 Å². The Balaban J connectivity index is 2.95. The lowest BCUT2D eigenvalue weighted by Crippen LogP contribution is -2.08. The molecule has 82 valence electrons. The second-order valence-corrected chi connectivity index (χ2v) is 3.37. The van der Waals surface area contributed by atoms with E-state index in [1.807, 2.05) is 18.2 Å². The van der Waals surface area contributed by atoms with Crippen LogP contribution in [0.15, 0.2) is 18.2 Å². The lowest BCUT2D eigenvalue weighted by molar-refractivity contribution is -0.121. The van der Waals surface area contributed by atoms with Crippen LogP contribution in [0.25, 0.3) is 0 Å². The maximum atomic E-state index is 11.1. The number of carbonyl (C=O) groups is 1. The molecule has 1 aromatic carbocycles. The molecule has 0 heterocycles. The third-order valence-corrected chi connectivity index (χ3v) is 2.32. The highest BCUT2D eigenvalue weighted by atomic mass is 16.5. The molecule has 0 saturated carbocycles. The van der Waals surface area contributed by atoms with Gasteiger partial charge in [0.2, 0.25) is 0 Å². The highest BCUT2D eigenvalue weighted by molar-refractivity contribution is 5.82. The largest absolute Gasteiger partial charge is 0.496 e. The van der Waals surface area contributed by atoms with Crippen molar-refractivity contribution in [3.05, 3.63) is 29.3 Å². The van der Waals surface area contributed by atoms with Crippen molar-refractivity contribution in [1.82, 2.24) is 0 Å². The van der Waals surface area contributed by atoms with Crippen molar-refractivity contribution in [1.29, 1.82) is 0 Å². The molecule has 0 aliphatic rings. The second kappa shape index (κ2) is 5.51. The number of hydrogen-bond acceptors (Lipinski definition) is 3. The van der Waals surface area contributed by atoms with Crippen molar-refractivity contribution in [2.45, 2.75) is 19.8 Å². The summed E-state index contributed by atoms with van der Waals surface area (Å²) in [6, 6.07) is 5.79. The minimum absolute atomic E-state index is 0.193. The van der Waals surface area contributed by atoms with Crippen LogP contribution in [0.3, 0.4) is 0 Å². The van der Waals surface area contributed by atoms with Crippen LogP contribution in [-0.4, -0.2) is 24.6 Å². The first kappa shape index (κ1) is 11.7. The van der Waals surface area contributed by atoms with E-state index in [4.69, 9.17) is 9.84 Å². The van der Waals surface area contributed by atoms with Gasteiger partial charge in [0, 0.05) is 12.0 Å². The quantitative estimate of drug-likeness (QED) is 0.794. The Kier molecular flexibility index (Phi) is 4.31. The van der Waals surface area contributed by atoms with E-state index in [-0.39, 0.29) is 12.2 Å². The summed E-state index contributed by atoms with van der Waals surface area (Å²) >= 11 is 0. The number of aliphatic hydroxyl groups excluding tert-OH is 1. The van der Waals surface area contributed by atoms with Gasteiger partial charge in [0.1, 0.15) is 12.4 Å². The lowest BCUT2D eigenvalue weighted by Gasteiger charge is -2.09. The third-order valence-electron chi connectivity index (χ3n) is 2.32. The van der Waals surface area contributed by atoms with Gasteiger partial charge in [-0.25, -0.2) is 0 Å². The van der Waals surface area contributed by atoms with Gasteiger partial charge in [-0.05, 0) is 18.1 Å². The van der Waals surface area contributed by atoms with Crippen molar-refractivity contribution in [3.63, 3.8) is 0 Å². The first-order valence-electron chi connectivity index (χ1n) is 4.99. The molecule has 0 radical (unpaired) electrons. The molecule has 0 bridgehead atoms. The number of hydrogen-bond donors (Lipinski definition) is 1. The summed E-state index contributed by atoms with van der Waals surface area (Å²) in [5.74, 6) is 0.510. The Morgan fingerprint density at radius 2 is 2.20 bits per heavy atom. The van der Waals surface area contributed by atoms with E-state index in [2.05, 4.69) is 6.92 Å². The van der Waals surface area contributed by atoms with Crippen LogP contribution in [-0.2, 0) is 17.6 Å². The number of ether oxygens (including phenoxy) is 1. The Hall–Kier alpha value is -1.35.